The molecule has 0 radical (unpaired) electrons. The second-order valence-corrected chi connectivity index (χ2v) is 6.28. The molecule has 2 aromatic carbocycles. The second-order valence-electron chi connectivity index (χ2n) is 6.28. The first-order valence-corrected chi connectivity index (χ1v) is 7.49. The van der Waals surface area contributed by atoms with Gasteiger partial charge in [-0.3, -0.25) is 0 Å². The lowest BCUT2D eigenvalue weighted by molar-refractivity contribution is 0.704. The van der Waals surface area contributed by atoms with Crippen LogP contribution in [0, 0.1) is 13.8 Å². The Bertz CT molecular complexity index is 606. The van der Waals surface area contributed by atoms with Crippen LogP contribution in [0.1, 0.15) is 40.7 Å². The first-order valence-electron chi connectivity index (χ1n) is 7.49. The molecule has 0 bridgehead atoms. The molecule has 1 nitrogen and oxygen atoms in total. The van der Waals surface area contributed by atoms with E-state index in [-0.39, 0.29) is 0 Å². The minimum atomic E-state index is 0.305. The molecule has 1 fully saturated rings. The van der Waals surface area contributed by atoms with E-state index >= 15 is 0 Å². The van der Waals surface area contributed by atoms with E-state index in [1.165, 1.54) is 40.7 Å². The highest BCUT2D eigenvalue weighted by molar-refractivity contribution is 5.37. The molecule has 1 aliphatic carbocycles. The van der Waals surface area contributed by atoms with Crippen molar-refractivity contribution in [1.82, 2.24) is 0 Å². The topological polar surface area (TPSA) is 26.0 Å². The molecule has 0 heterocycles. The zero-order chi connectivity index (χ0) is 14.2. The minimum Gasteiger partial charge on any atom is -0.330 e. The molecule has 0 aliphatic heterocycles. The summed E-state index contributed by atoms with van der Waals surface area (Å²) in [4.78, 5) is 0. The smallest absolute Gasteiger partial charge is 0.00762 e. The molecule has 3 rings (SSSR count). The van der Waals surface area contributed by atoms with E-state index in [9.17, 15) is 0 Å². The number of aryl methyl sites for hydroxylation is 2. The van der Waals surface area contributed by atoms with Gasteiger partial charge < -0.3 is 5.73 Å². The maximum atomic E-state index is 5.89. The van der Waals surface area contributed by atoms with Crippen LogP contribution in [0.3, 0.4) is 0 Å². The molecule has 0 aromatic heterocycles. The zero-order valence-corrected chi connectivity index (χ0v) is 12.4. The molecule has 104 valence electrons. The van der Waals surface area contributed by atoms with Crippen molar-refractivity contribution in [1.29, 1.82) is 0 Å². The Hall–Kier alpha value is -1.60. The van der Waals surface area contributed by atoms with Crippen LogP contribution in [-0.4, -0.2) is 6.54 Å². The summed E-state index contributed by atoms with van der Waals surface area (Å²) in [5, 5.41) is 0. The van der Waals surface area contributed by atoms with Gasteiger partial charge in [-0.05, 0) is 60.9 Å². The summed E-state index contributed by atoms with van der Waals surface area (Å²) in [5.41, 5.74) is 13.1. The zero-order valence-electron chi connectivity index (χ0n) is 12.4. The third kappa shape index (κ3) is 2.51. The van der Waals surface area contributed by atoms with Crippen molar-refractivity contribution in [3.05, 3.63) is 70.3 Å². The van der Waals surface area contributed by atoms with Crippen molar-refractivity contribution in [3.8, 4) is 0 Å². The van der Waals surface area contributed by atoms with Gasteiger partial charge in [0.05, 0.1) is 0 Å². The second kappa shape index (κ2) is 5.06. The van der Waals surface area contributed by atoms with Gasteiger partial charge in [-0.1, -0.05) is 42.5 Å². The molecule has 1 saturated carbocycles. The molecule has 0 saturated heterocycles. The molecule has 0 unspecified atom stereocenters. The fraction of sp³-hybridized carbons (Fsp3) is 0.368. The van der Waals surface area contributed by atoms with Gasteiger partial charge in [0.1, 0.15) is 0 Å². The minimum absolute atomic E-state index is 0.305. The van der Waals surface area contributed by atoms with Gasteiger partial charge in [0.2, 0.25) is 0 Å². The van der Waals surface area contributed by atoms with Crippen molar-refractivity contribution < 1.29 is 0 Å². The average Bonchev–Trinajstić information content (AvgIpc) is 3.25. The van der Waals surface area contributed by atoms with E-state index in [0.717, 1.165) is 13.0 Å². The van der Waals surface area contributed by atoms with E-state index in [4.69, 9.17) is 5.73 Å². The number of benzene rings is 2. The van der Waals surface area contributed by atoms with Crippen LogP contribution >= 0.6 is 0 Å². The van der Waals surface area contributed by atoms with Gasteiger partial charge in [-0.2, -0.15) is 0 Å². The Labute approximate surface area is 121 Å². The lowest BCUT2D eigenvalue weighted by Gasteiger charge is -2.13. The van der Waals surface area contributed by atoms with Crippen molar-refractivity contribution in [3.63, 3.8) is 0 Å². The SMILES string of the molecule is Cc1ccc(Cc2ccc(C3(CN)CC3)cc2)cc1C. The predicted octanol–water partition coefficient (Wildman–Crippen LogP) is 3.88. The summed E-state index contributed by atoms with van der Waals surface area (Å²) in [6.45, 7) is 5.12. The molecule has 1 aliphatic rings. The molecule has 0 amide bonds. The van der Waals surface area contributed by atoms with Crippen molar-refractivity contribution in [2.75, 3.05) is 6.54 Å². The average molecular weight is 265 g/mol. The lowest BCUT2D eigenvalue weighted by atomic mass is 9.93. The van der Waals surface area contributed by atoms with Crippen molar-refractivity contribution in [2.45, 2.75) is 38.5 Å². The summed E-state index contributed by atoms with van der Waals surface area (Å²) in [7, 11) is 0. The first kappa shape index (κ1) is 13.4. The highest BCUT2D eigenvalue weighted by Gasteiger charge is 2.42. The van der Waals surface area contributed by atoms with Crippen LogP contribution in [0.5, 0.6) is 0 Å². The molecular formula is C19H23N. The van der Waals surface area contributed by atoms with Gasteiger partial charge in [0, 0.05) is 12.0 Å². The van der Waals surface area contributed by atoms with Crippen LogP contribution in [0.15, 0.2) is 42.5 Å². The number of nitrogens with two attached hydrogens (primary N) is 1. The Balaban J connectivity index is 1.76. The molecule has 2 N–H and O–H groups in total. The number of hydrogen-bond acceptors (Lipinski definition) is 1. The Kier molecular flexibility index (Phi) is 3.39. The quantitative estimate of drug-likeness (QED) is 0.892. The highest BCUT2D eigenvalue weighted by Crippen LogP contribution is 2.47. The summed E-state index contributed by atoms with van der Waals surface area (Å²) in [6.07, 6.45) is 3.51. The number of rotatable bonds is 4. The van der Waals surface area contributed by atoms with Gasteiger partial charge >= 0.3 is 0 Å². The van der Waals surface area contributed by atoms with Crippen LogP contribution in [-0.2, 0) is 11.8 Å². The van der Waals surface area contributed by atoms with Crippen molar-refractivity contribution in [2.24, 2.45) is 5.73 Å². The molecule has 20 heavy (non-hydrogen) atoms. The van der Waals surface area contributed by atoms with E-state index in [0.29, 0.717) is 5.41 Å². The van der Waals surface area contributed by atoms with Gasteiger partial charge in [-0.15, -0.1) is 0 Å². The third-order valence-corrected chi connectivity index (χ3v) is 4.79. The standard InChI is InChI=1S/C19H23N/c1-14-3-4-17(11-15(14)2)12-16-5-7-18(8-6-16)19(13-20)9-10-19/h3-8,11H,9-10,12-13,20H2,1-2H3. The highest BCUT2D eigenvalue weighted by atomic mass is 14.7. The van der Waals surface area contributed by atoms with Gasteiger partial charge in [0.25, 0.3) is 0 Å². The molecule has 2 aromatic rings. The molecular weight excluding hydrogens is 242 g/mol. The molecule has 0 atom stereocenters. The lowest BCUT2D eigenvalue weighted by Crippen LogP contribution is -2.19. The fourth-order valence-corrected chi connectivity index (χ4v) is 2.89. The van der Waals surface area contributed by atoms with Gasteiger partial charge in [-0.25, -0.2) is 0 Å². The van der Waals surface area contributed by atoms with Gasteiger partial charge in [0.15, 0.2) is 0 Å². The molecule has 0 spiro atoms. The maximum absolute atomic E-state index is 5.89. The Morgan fingerprint density at radius 3 is 2.10 bits per heavy atom. The number of hydrogen-bond donors (Lipinski definition) is 1. The van der Waals surface area contributed by atoms with E-state index < -0.39 is 0 Å². The van der Waals surface area contributed by atoms with E-state index in [1.54, 1.807) is 0 Å². The summed E-state index contributed by atoms with van der Waals surface area (Å²) in [5.74, 6) is 0. The van der Waals surface area contributed by atoms with Crippen LogP contribution in [0.25, 0.3) is 0 Å². The normalized spacial score (nSPS) is 16.1. The van der Waals surface area contributed by atoms with E-state index in [2.05, 4.69) is 56.3 Å². The fourth-order valence-electron chi connectivity index (χ4n) is 2.89. The monoisotopic (exact) mass is 265 g/mol. The maximum Gasteiger partial charge on any atom is 0.00762 e. The van der Waals surface area contributed by atoms with Crippen molar-refractivity contribution >= 4 is 0 Å². The molecule has 1 heteroatoms. The summed E-state index contributed by atoms with van der Waals surface area (Å²) < 4.78 is 0. The van der Waals surface area contributed by atoms with Crippen LogP contribution in [0.4, 0.5) is 0 Å². The summed E-state index contributed by atoms with van der Waals surface area (Å²) in [6, 6.07) is 15.8. The van der Waals surface area contributed by atoms with E-state index in [1.807, 2.05) is 0 Å². The third-order valence-electron chi connectivity index (χ3n) is 4.79. The Morgan fingerprint density at radius 1 is 0.900 bits per heavy atom. The van der Waals surface area contributed by atoms with Crippen LogP contribution < -0.4 is 5.73 Å². The summed E-state index contributed by atoms with van der Waals surface area (Å²) >= 11 is 0. The predicted molar refractivity (Wildman–Crippen MR) is 85.1 cm³/mol. The first-order chi connectivity index (χ1) is 9.63. The Morgan fingerprint density at radius 2 is 1.55 bits per heavy atom. The largest absolute Gasteiger partial charge is 0.330 e. The van der Waals surface area contributed by atoms with Crippen LogP contribution in [0.2, 0.25) is 0 Å².